The lowest BCUT2D eigenvalue weighted by Gasteiger charge is -2.36. The molecule has 1 fully saturated rings. The monoisotopic (exact) mass is 414 g/mol. The molecular weight excluding hydrogens is 383 g/mol. The molecular formula is C22H31FN6O. The highest BCUT2D eigenvalue weighted by Gasteiger charge is 2.41. The van der Waals surface area contributed by atoms with Gasteiger partial charge in [0.15, 0.2) is 5.67 Å². The molecule has 0 atom stereocenters. The van der Waals surface area contributed by atoms with Crippen LogP contribution >= 0.6 is 0 Å². The van der Waals surface area contributed by atoms with Gasteiger partial charge in [0.1, 0.15) is 5.82 Å². The molecule has 2 aromatic rings. The molecule has 1 aliphatic rings. The minimum absolute atomic E-state index is 0.192. The molecule has 0 bridgehead atoms. The van der Waals surface area contributed by atoms with Crippen molar-refractivity contribution >= 4 is 28.2 Å². The molecule has 0 saturated carbocycles. The summed E-state index contributed by atoms with van der Waals surface area (Å²) in [7, 11) is 1.69. The summed E-state index contributed by atoms with van der Waals surface area (Å²) in [6.45, 7) is 6.36. The van der Waals surface area contributed by atoms with Crippen molar-refractivity contribution in [3.63, 3.8) is 0 Å². The number of carbonyl (C=O) groups excluding carboxylic acids is 1. The van der Waals surface area contributed by atoms with Crippen LogP contribution in [0.1, 0.15) is 32.3 Å². The number of piperidine rings is 1. The van der Waals surface area contributed by atoms with Crippen molar-refractivity contribution in [3.8, 4) is 0 Å². The summed E-state index contributed by atoms with van der Waals surface area (Å²) in [6, 6.07) is 7.38. The van der Waals surface area contributed by atoms with Gasteiger partial charge in [-0.25, -0.2) is 15.2 Å². The third-order valence-electron chi connectivity index (χ3n) is 5.32. The van der Waals surface area contributed by atoms with E-state index in [1.54, 1.807) is 25.5 Å². The number of halogens is 1. The number of nitrogens with two attached hydrogens (primary N) is 2. The van der Waals surface area contributed by atoms with Crippen LogP contribution in [0.25, 0.3) is 16.5 Å². The van der Waals surface area contributed by atoms with Gasteiger partial charge in [-0.1, -0.05) is 26.0 Å². The first-order valence-electron chi connectivity index (χ1n) is 10.2. The molecule has 162 valence electrons. The summed E-state index contributed by atoms with van der Waals surface area (Å²) in [6.07, 6.45) is 3.65. The van der Waals surface area contributed by atoms with Gasteiger partial charge >= 0.3 is 0 Å². The van der Waals surface area contributed by atoms with E-state index in [1.807, 2.05) is 18.2 Å². The molecule has 8 heteroatoms. The Hall–Kier alpha value is -2.71. The number of likely N-dealkylation sites (tertiary alicyclic amines) is 1. The quantitative estimate of drug-likeness (QED) is 0.496. The summed E-state index contributed by atoms with van der Waals surface area (Å²) in [5.74, 6) is 5.84. The summed E-state index contributed by atoms with van der Waals surface area (Å²) in [4.78, 5) is 19.1. The van der Waals surface area contributed by atoms with E-state index < -0.39 is 11.6 Å². The number of hydrogen-bond acceptors (Lipinski definition) is 6. The van der Waals surface area contributed by atoms with Gasteiger partial charge in [0.2, 0.25) is 0 Å². The predicted octanol–water partition coefficient (Wildman–Crippen LogP) is 2.70. The number of fused-ring (bicyclic) bond motifs is 1. The van der Waals surface area contributed by atoms with Gasteiger partial charge < -0.3 is 21.0 Å². The van der Waals surface area contributed by atoms with Crippen LogP contribution in [0.5, 0.6) is 0 Å². The average molecular weight is 415 g/mol. The second kappa shape index (κ2) is 8.97. The Labute approximate surface area is 176 Å². The molecule has 1 amide bonds. The van der Waals surface area contributed by atoms with Crippen LogP contribution < -0.4 is 16.9 Å². The number of nitrogens with one attached hydrogen (secondary N) is 1. The zero-order chi connectivity index (χ0) is 21.9. The van der Waals surface area contributed by atoms with Crippen molar-refractivity contribution < 1.29 is 9.18 Å². The summed E-state index contributed by atoms with van der Waals surface area (Å²) in [5, 5.41) is 5.78. The van der Waals surface area contributed by atoms with Crippen molar-refractivity contribution in [3.05, 3.63) is 42.2 Å². The van der Waals surface area contributed by atoms with Crippen molar-refractivity contribution in [1.82, 2.24) is 14.9 Å². The normalized spacial score (nSPS) is 17.3. The number of alkyl halides is 1. The maximum absolute atomic E-state index is 15.3. The smallest absolute Gasteiger partial charge is 0.263 e. The minimum Gasteiger partial charge on any atom is -0.397 e. The van der Waals surface area contributed by atoms with Gasteiger partial charge in [-0.05, 0) is 29.0 Å². The van der Waals surface area contributed by atoms with E-state index in [-0.39, 0.29) is 12.8 Å². The van der Waals surface area contributed by atoms with Crippen LogP contribution in [-0.2, 0) is 4.79 Å². The van der Waals surface area contributed by atoms with Gasteiger partial charge in [0.25, 0.3) is 5.91 Å². The molecule has 0 radical (unpaired) electrons. The fourth-order valence-electron chi connectivity index (χ4n) is 3.74. The zero-order valence-corrected chi connectivity index (χ0v) is 17.9. The fourth-order valence-corrected chi connectivity index (χ4v) is 3.74. The highest BCUT2D eigenvalue weighted by Crippen LogP contribution is 2.29. The fraction of sp³-hybridized carbons (Fsp3) is 0.455. The number of amides is 1. The Balaban J connectivity index is 1.73. The number of hydrogen-bond donors (Lipinski definition) is 3. The SMILES string of the molecule is CC(C)CN1CCC(F)(C(=O)Nc2cc3cc(/C(N)=C/N(C)N)ccc3cn2)CC1. The Morgan fingerprint density at radius 1 is 1.33 bits per heavy atom. The molecule has 3 rings (SSSR count). The molecule has 0 aliphatic carbocycles. The van der Waals surface area contributed by atoms with E-state index in [2.05, 4.69) is 29.0 Å². The number of pyridine rings is 1. The number of hydrazine groups is 1. The summed E-state index contributed by atoms with van der Waals surface area (Å²) < 4.78 is 15.3. The number of benzene rings is 1. The van der Waals surface area contributed by atoms with Crippen LogP contribution in [0, 0.1) is 5.92 Å². The van der Waals surface area contributed by atoms with Gasteiger partial charge in [-0.15, -0.1) is 0 Å². The van der Waals surface area contributed by atoms with Crippen molar-refractivity contribution in [2.45, 2.75) is 32.4 Å². The molecule has 0 spiro atoms. The molecule has 1 aromatic carbocycles. The van der Waals surface area contributed by atoms with Gasteiger partial charge in [-0.3, -0.25) is 4.79 Å². The van der Waals surface area contributed by atoms with Crippen molar-refractivity contribution in [2.24, 2.45) is 17.5 Å². The molecule has 2 heterocycles. The Morgan fingerprint density at radius 3 is 2.67 bits per heavy atom. The molecule has 30 heavy (non-hydrogen) atoms. The first kappa shape index (κ1) is 22.0. The molecule has 1 aliphatic heterocycles. The number of anilines is 1. The van der Waals surface area contributed by atoms with E-state index in [4.69, 9.17) is 11.6 Å². The van der Waals surface area contributed by atoms with E-state index in [0.29, 0.717) is 30.5 Å². The second-order valence-corrected chi connectivity index (χ2v) is 8.50. The third-order valence-corrected chi connectivity index (χ3v) is 5.32. The second-order valence-electron chi connectivity index (χ2n) is 8.50. The van der Waals surface area contributed by atoms with E-state index >= 15 is 4.39 Å². The van der Waals surface area contributed by atoms with Gasteiger partial charge in [0, 0.05) is 57.3 Å². The maximum Gasteiger partial charge on any atom is 0.263 e. The Kier molecular flexibility index (Phi) is 6.58. The van der Waals surface area contributed by atoms with Crippen LogP contribution in [0.2, 0.25) is 0 Å². The van der Waals surface area contributed by atoms with E-state index in [9.17, 15) is 4.79 Å². The molecule has 5 N–H and O–H groups in total. The Bertz CT molecular complexity index is 934. The van der Waals surface area contributed by atoms with Gasteiger partial charge in [-0.2, -0.15) is 0 Å². The van der Waals surface area contributed by atoms with Gasteiger partial charge in [0.05, 0.1) is 5.70 Å². The molecule has 7 nitrogen and oxygen atoms in total. The number of aromatic nitrogens is 1. The molecule has 1 saturated heterocycles. The number of nitrogens with zero attached hydrogens (tertiary/aromatic N) is 3. The topological polar surface area (TPSA) is 101 Å². The van der Waals surface area contributed by atoms with Crippen molar-refractivity contribution in [1.29, 1.82) is 0 Å². The van der Waals surface area contributed by atoms with Crippen LogP contribution in [0.3, 0.4) is 0 Å². The number of rotatable bonds is 6. The summed E-state index contributed by atoms with van der Waals surface area (Å²) >= 11 is 0. The van der Waals surface area contributed by atoms with Crippen LogP contribution in [0.15, 0.2) is 36.7 Å². The van der Waals surface area contributed by atoms with E-state index in [0.717, 1.165) is 22.9 Å². The first-order chi connectivity index (χ1) is 14.2. The highest BCUT2D eigenvalue weighted by molar-refractivity contribution is 5.98. The van der Waals surface area contributed by atoms with Crippen molar-refractivity contribution in [2.75, 3.05) is 32.0 Å². The lowest BCUT2D eigenvalue weighted by atomic mass is 9.92. The standard InChI is InChI=1S/C22H31FN6O/c1-15(2)13-29-8-6-22(23,7-9-29)21(30)27-20-11-18-10-16(19(24)14-28(3)25)4-5-17(18)12-26-20/h4-5,10-12,14-15H,6-9,13,24-25H2,1-3H3,(H,26,27,30)/b19-14-. The summed E-state index contributed by atoms with van der Waals surface area (Å²) in [5.41, 5.74) is 5.50. The predicted molar refractivity (Wildman–Crippen MR) is 119 cm³/mol. The lowest BCUT2D eigenvalue weighted by molar-refractivity contribution is -0.130. The minimum atomic E-state index is -1.87. The number of carbonyl (C=O) groups is 1. The highest BCUT2D eigenvalue weighted by atomic mass is 19.1. The maximum atomic E-state index is 15.3. The lowest BCUT2D eigenvalue weighted by Crippen LogP contribution is -2.49. The Morgan fingerprint density at radius 2 is 2.03 bits per heavy atom. The average Bonchev–Trinajstić information content (AvgIpc) is 2.68. The molecule has 0 unspecified atom stereocenters. The zero-order valence-electron chi connectivity index (χ0n) is 17.9. The van der Waals surface area contributed by atoms with Crippen LogP contribution in [0.4, 0.5) is 10.2 Å². The first-order valence-corrected chi connectivity index (χ1v) is 10.2. The third kappa shape index (κ3) is 5.25. The van der Waals surface area contributed by atoms with Crippen LogP contribution in [-0.4, -0.2) is 53.2 Å². The molecule has 1 aromatic heterocycles. The largest absolute Gasteiger partial charge is 0.397 e. The van der Waals surface area contributed by atoms with E-state index in [1.165, 1.54) is 5.01 Å².